The third kappa shape index (κ3) is 3.08. The highest BCUT2D eigenvalue weighted by Gasteiger charge is 2.18. The van der Waals surface area contributed by atoms with E-state index in [0.717, 1.165) is 5.01 Å². The maximum Gasteiger partial charge on any atom is 0.254 e. The molecule has 0 aliphatic carbocycles. The van der Waals surface area contributed by atoms with Crippen LogP contribution in [0.15, 0.2) is 29.8 Å². The van der Waals surface area contributed by atoms with Gasteiger partial charge in [-0.2, -0.15) is 0 Å². The van der Waals surface area contributed by atoms with Crippen LogP contribution in [0.1, 0.15) is 34.8 Å². The number of hydrogen-bond acceptors (Lipinski definition) is 4. The maximum atomic E-state index is 13.6. The third-order valence-electron chi connectivity index (χ3n) is 2.70. The lowest BCUT2D eigenvalue weighted by Gasteiger charge is -2.14. The third-order valence-corrected chi connectivity index (χ3v) is 3.59. The number of rotatable bonds is 4. The molecule has 0 aliphatic rings. The Kier molecular flexibility index (Phi) is 4.11. The van der Waals surface area contributed by atoms with Crippen molar-refractivity contribution in [2.75, 3.05) is 5.73 Å². The minimum Gasteiger partial charge on any atom is -0.399 e. The first-order chi connectivity index (χ1) is 9.11. The Bertz CT molecular complexity index is 571. The number of nitrogens with one attached hydrogen (secondary N) is 1. The highest BCUT2D eigenvalue weighted by molar-refractivity contribution is 7.09. The van der Waals surface area contributed by atoms with E-state index in [4.69, 9.17) is 5.73 Å². The summed E-state index contributed by atoms with van der Waals surface area (Å²) in [6.45, 7) is 1.93. The SMILES string of the molecule is CCC(NC(=O)c1cc(N)ccc1F)c1nccs1. The highest BCUT2D eigenvalue weighted by atomic mass is 32.1. The lowest BCUT2D eigenvalue weighted by Crippen LogP contribution is -2.28. The van der Waals surface area contributed by atoms with Gasteiger partial charge in [-0.1, -0.05) is 6.92 Å². The molecule has 1 aromatic heterocycles. The van der Waals surface area contributed by atoms with E-state index in [1.54, 1.807) is 6.20 Å². The molecule has 0 saturated carbocycles. The summed E-state index contributed by atoms with van der Waals surface area (Å²) >= 11 is 1.46. The van der Waals surface area contributed by atoms with Crippen molar-refractivity contribution in [3.05, 3.63) is 46.2 Å². The van der Waals surface area contributed by atoms with Crippen molar-refractivity contribution in [2.24, 2.45) is 0 Å². The summed E-state index contributed by atoms with van der Waals surface area (Å²) in [6, 6.07) is 3.73. The van der Waals surface area contributed by atoms with Gasteiger partial charge in [-0.3, -0.25) is 4.79 Å². The first-order valence-corrected chi connectivity index (χ1v) is 6.75. The van der Waals surface area contributed by atoms with Crippen LogP contribution in [0.4, 0.5) is 10.1 Å². The molecule has 0 spiro atoms. The van der Waals surface area contributed by atoms with Crippen molar-refractivity contribution in [2.45, 2.75) is 19.4 Å². The quantitative estimate of drug-likeness (QED) is 0.846. The van der Waals surface area contributed by atoms with E-state index in [9.17, 15) is 9.18 Å². The number of nitrogens with zero attached hydrogens (tertiary/aromatic N) is 1. The number of aromatic nitrogens is 1. The summed E-state index contributed by atoms with van der Waals surface area (Å²) in [5.41, 5.74) is 5.88. The van der Waals surface area contributed by atoms with E-state index >= 15 is 0 Å². The molecule has 0 saturated heterocycles. The van der Waals surface area contributed by atoms with Crippen LogP contribution in [0.2, 0.25) is 0 Å². The summed E-state index contributed by atoms with van der Waals surface area (Å²) in [4.78, 5) is 16.2. The normalized spacial score (nSPS) is 12.1. The molecule has 0 aliphatic heterocycles. The molecule has 100 valence electrons. The first-order valence-electron chi connectivity index (χ1n) is 5.87. The molecule has 4 nitrogen and oxygen atoms in total. The minimum atomic E-state index is -0.583. The Labute approximate surface area is 114 Å². The smallest absolute Gasteiger partial charge is 0.254 e. The molecule has 2 aromatic rings. The van der Waals surface area contributed by atoms with Crippen LogP contribution in [0.25, 0.3) is 0 Å². The molecule has 1 unspecified atom stereocenters. The zero-order chi connectivity index (χ0) is 13.8. The second-order valence-corrected chi connectivity index (χ2v) is 4.97. The number of thiazole rings is 1. The van der Waals surface area contributed by atoms with Crippen molar-refractivity contribution in [1.82, 2.24) is 10.3 Å². The molecule has 2 rings (SSSR count). The fourth-order valence-electron chi connectivity index (χ4n) is 1.70. The number of nitrogen functional groups attached to an aromatic ring is 1. The molecule has 1 amide bonds. The summed E-state index contributed by atoms with van der Waals surface area (Å²) in [6.07, 6.45) is 2.36. The van der Waals surface area contributed by atoms with Gasteiger partial charge in [-0.15, -0.1) is 11.3 Å². The van der Waals surface area contributed by atoms with Gasteiger partial charge in [-0.05, 0) is 24.6 Å². The van der Waals surface area contributed by atoms with Gasteiger partial charge in [0, 0.05) is 17.3 Å². The van der Waals surface area contributed by atoms with E-state index in [2.05, 4.69) is 10.3 Å². The van der Waals surface area contributed by atoms with Gasteiger partial charge in [0.05, 0.1) is 11.6 Å². The zero-order valence-corrected chi connectivity index (χ0v) is 11.2. The molecule has 6 heteroatoms. The van der Waals surface area contributed by atoms with Gasteiger partial charge < -0.3 is 11.1 Å². The molecule has 1 heterocycles. The van der Waals surface area contributed by atoms with Gasteiger partial charge in [-0.25, -0.2) is 9.37 Å². The van der Waals surface area contributed by atoms with Crippen molar-refractivity contribution in [3.63, 3.8) is 0 Å². The molecule has 0 bridgehead atoms. The largest absolute Gasteiger partial charge is 0.399 e. The van der Waals surface area contributed by atoms with Crippen molar-refractivity contribution < 1.29 is 9.18 Å². The molecular weight excluding hydrogens is 265 g/mol. The predicted molar refractivity (Wildman–Crippen MR) is 73.4 cm³/mol. The van der Waals surface area contributed by atoms with Crippen LogP contribution in [0, 0.1) is 5.82 Å². The molecule has 0 fully saturated rings. The minimum absolute atomic E-state index is 0.0463. The lowest BCUT2D eigenvalue weighted by atomic mass is 10.1. The standard InChI is InChI=1S/C13H14FN3OS/c1-2-11(13-16-5-6-19-13)17-12(18)9-7-8(15)3-4-10(9)14/h3-7,11H,2,15H2,1H3,(H,17,18). The van der Waals surface area contributed by atoms with Crippen LogP contribution in [-0.4, -0.2) is 10.9 Å². The summed E-state index contributed by atoms with van der Waals surface area (Å²) < 4.78 is 13.6. The molecule has 3 N–H and O–H groups in total. The Morgan fingerprint density at radius 1 is 1.58 bits per heavy atom. The Morgan fingerprint density at radius 3 is 3.00 bits per heavy atom. The van der Waals surface area contributed by atoms with Crippen LogP contribution < -0.4 is 11.1 Å². The van der Waals surface area contributed by atoms with E-state index in [-0.39, 0.29) is 11.6 Å². The zero-order valence-electron chi connectivity index (χ0n) is 10.4. The average Bonchev–Trinajstić information content (AvgIpc) is 2.92. The van der Waals surface area contributed by atoms with Crippen LogP contribution >= 0.6 is 11.3 Å². The van der Waals surface area contributed by atoms with Crippen LogP contribution in [-0.2, 0) is 0 Å². The molecule has 0 radical (unpaired) electrons. The lowest BCUT2D eigenvalue weighted by molar-refractivity contribution is 0.0931. The Morgan fingerprint density at radius 2 is 2.37 bits per heavy atom. The number of anilines is 1. The summed E-state index contributed by atoms with van der Waals surface area (Å²) in [5, 5.41) is 5.41. The average molecular weight is 279 g/mol. The molecule has 1 atom stereocenters. The second-order valence-electron chi connectivity index (χ2n) is 4.04. The highest BCUT2D eigenvalue weighted by Crippen LogP contribution is 2.20. The number of halogens is 1. The van der Waals surface area contributed by atoms with Crippen molar-refractivity contribution >= 4 is 22.9 Å². The van der Waals surface area contributed by atoms with E-state index < -0.39 is 11.7 Å². The number of nitrogens with two attached hydrogens (primary N) is 1. The fourth-order valence-corrected chi connectivity index (χ4v) is 2.47. The second kappa shape index (κ2) is 5.79. The maximum absolute atomic E-state index is 13.6. The predicted octanol–water partition coefficient (Wildman–Crippen LogP) is 2.75. The first kappa shape index (κ1) is 13.5. The van der Waals surface area contributed by atoms with Gasteiger partial charge in [0.1, 0.15) is 10.8 Å². The van der Waals surface area contributed by atoms with Gasteiger partial charge >= 0.3 is 0 Å². The van der Waals surface area contributed by atoms with E-state index in [1.807, 2.05) is 12.3 Å². The number of carbonyl (C=O) groups excluding carboxylic acids is 1. The van der Waals surface area contributed by atoms with E-state index in [1.165, 1.54) is 29.5 Å². The number of amides is 1. The topological polar surface area (TPSA) is 68.0 Å². The van der Waals surface area contributed by atoms with Crippen molar-refractivity contribution in [3.8, 4) is 0 Å². The molecule has 1 aromatic carbocycles. The monoisotopic (exact) mass is 279 g/mol. The number of benzene rings is 1. The Balaban J connectivity index is 2.18. The fraction of sp³-hybridized carbons (Fsp3) is 0.231. The summed E-state index contributed by atoms with van der Waals surface area (Å²) in [5.74, 6) is -1.06. The number of hydrogen-bond donors (Lipinski definition) is 2. The van der Waals surface area contributed by atoms with Gasteiger partial charge in [0.15, 0.2) is 0 Å². The van der Waals surface area contributed by atoms with Crippen LogP contribution in [0.3, 0.4) is 0 Å². The van der Waals surface area contributed by atoms with Crippen molar-refractivity contribution in [1.29, 1.82) is 0 Å². The van der Waals surface area contributed by atoms with Crippen LogP contribution in [0.5, 0.6) is 0 Å². The van der Waals surface area contributed by atoms with Gasteiger partial charge in [0.2, 0.25) is 0 Å². The molecular formula is C13H14FN3OS. The summed E-state index contributed by atoms with van der Waals surface area (Å²) in [7, 11) is 0. The van der Waals surface area contributed by atoms with E-state index in [0.29, 0.717) is 12.1 Å². The van der Waals surface area contributed by atoms with Gasteiger partial charge in [0.25, 0.3) is 5.91 Å². The molecule has 19 heavy (non-hydrogen) atoms. The Hall–Kier alpha value is -1.95. The number of carbonyl (C=O) groups is 1.